The van der Waals surface area contributed by atoms with E-state index >= 15 is 0 Å². The van der Waals surface area contributed by atoms with Crippen LogP contribution in [0, 0.1) is 25.2 Å². The van der Waals surface area contributed by atoms with Crippen LogP contribution in [0.1, 0.15) is 18.1 Å². The normalized spacial score (nSPS) is 18.4. The van der Waals surface area contributed by atoms with Crippen LogP contribution >= 0.6 is 0 Å². The van der Waals surface area contributed by atoms with E-state index in [1.165, 1.54) is 16.8 Å². The maximum absolute atomic E-state index is 8.95. The van der Waals surface area contributed by atoms with Gasteiger partial charge in [-0.2, -0.15) is 5.26 Å². The van der Waals surface area contributed by atoms with E-state index in [1.54, 1.807) is 0 Å². The van der Waals surface area contributed by atoms with Crippen molar-refractivity contribution in [2.45, 2.75) is 26.8 Å². The van der Waals surface area contributed by atoms with Crippen molar-refractivity contribution in [3.8, 4) is 6.07 Å². The van der Waals surface area contributed by atoms with Crippen LogP contribution in [-0.2, 0) is 0 Å². The van der Waals surface area contributed by atoms with Gasteiger partial charge in [-0.05, 0) is 38.0 Å². The Morgan fingerprint density at radius 1 is 1.17 bits per heavy atom. The fourth-order valence-electron chi connectivity index (χ4n) is 2.51. The Labute approximate surface area is 110 Å². The van der Waals surface area contributed by atoms with E-state index in [0.717, 1.165) is 26.2 Å². The van der Waals surface area contributed by atoms with Crippen molar-refractivity contribution in [2.75, 3.05) is 31.1 Å². The Hall–Kier alpha value is -1.53. The third kappa shape index (κ3) is 2.49. The second kappa shape index (κ2) is 5.41. The molecule has 1 aliphatic rings. The third-order valence-electron chi connectivity index (χ3n) is 3.97. The Balaban J connectivity index is 2.06. The smallest absolute Gasteiger partial charge is 0.0950 e. The minimum Gasteiger partial charge on any atom is -0.369 e. The summed E-state index contributed by atoms with van der Waals surface area (Å²) < 4.78 is 0. The van der Waals surface area contributed by atoms with Crippen molar-refractivity contribution >= 4 is 5.69 Å². The monoisotopic (exact) mass is 243 g/mol. The van der Waals surface area contributed by atoms with Gasteiger partial charge in [-0.3, -0.25) is 4.90 Å². The molecule has 3 heteroatoms. The maximum Gasteiger partial charge on any atom is 0.0950 e. The molecule has 1 heterocycles. The van der Waals surface area contributed by atoms with Crippen LogP contribution in [0.4, 0.5) is 5.69 Å². The molecule has 18 heavy (non-hydrogen) atoms. The highest BCUT2D eigenvalue weighted by molar-refractivity contribution is 5.56. The third-order valence-corrected chi connectivity index (χ3v) is 3.97. The van der Waals surface area contributed by atoms with Crippen molar-refractivity contribution < 1.29 is 0 Å². The van der Waals surface area contributed by atoms with E-state index in [-0.39, 0.29) is 6.04 Å². The predicted molar refractivity (Wildman–Crippen MR) is 74.8 cm³/mol. The number of rotatable bonds is 2. The Morgan fingerprint density at radius 2 is 1.83 bits per heavy atom. The van der Waals surface area contributed by atoms with Gasteiger partial charge in [0, 0.05) is 31.9 Å². The van der Waals surface area contributed by atoms with Crippen LogP contribution in [0.5, 0.6) is 0 Å². The first-order valence-electron chi connectivity index (χ1n) is 6.58. The van der Waals surface area contributed by atoms with Gasteiger partial charge in [0.05, 0.1) is 12.1 Å². The summed E-state index contributed by atoms with van der Waals surface area (Å²) in [4.78, 5) is 4.69. The second-order valence-corrected chi connectivity index (χ2v) is 5.05. The summed E-state index contributed by atoms with van der Waals surface area (Å²) in [6.45, 7) is 10.3. The zero-order chi connectivity index (χ0) is 13.1. The number of nitriles is 1. The van der Waals surface area contributed by atoms with Gasteiger partial charge in [-0.1, -0.05) is 12.1 Å². The van der Waals surface area contributed by atoms with Crippen LogP contribution in [-0.4, -0.2) is 37.1 Å². The molecule has 0 radical (unpaired) electrons. The molecule has 0 spiro atoms. The zero-order valence-corrected chi connectivity index (χ0v) is 11.5. The van der Waals surface area contributed by atoms with Gasteiger partial charge in [0.1, 0.15) is 0 Å². The summed E-state index contributed by atoms with van der Waals surface area (Å²) in [5, 5.41) is 8.95. The number of nitrogens with zero attached hydrogens (tertiary/aromatic N) is 3. The highest BCUT2D eigenvalue weighted by Gasteiger charge is 2.21. The Kier molecular flexibility index (Phi) is 3.88. The summed E-state index contributed by atoms with van der Waals surface area (Å²) >= 11 is 0. The average Bonchev–Trinajstić information content (AvgIpc) is 2.41. The number of anilines is 1. The fraction of sp³-hybridized carbons (Fsp3) is 0.533. The summed E-state index contributed by atoms with van der Waals surface area (Å²) in [7, 11) is 0. The molecule has 3 nitrogen and oxygen atoms in total. The minimum absolute atomic E-state index is 0.0331. The second-order valence-electron chi connectivity index (χ2n) is 5.05. The van der Waals surface area contributed by atoms with Gasteiger partial charge in [-0.25, -0.2) is 0 Å². The maximum atomic E-state index is 8.95. The molecule has 2 rings (SSSR count). The van der Waals surface area contributed by atoms with Crippen molar-refractivity contribution in [1.82, 2.24) is 4.90 Å². The number of aryl methyl sites for hydroxylation is 1. The standard InChI is InChI=1S/C15H21N3/c1-12-5-4-6-15(14(12)3)18-9-7-17(8-10-18)13(2)11-16/h4-6,13H,7-10H2,1-3H3. The van der Waals surface area contributed by atoms with E-state index in [0.29, 0.717) is 0 Å². The van der Waals surface area contributed by atoms with Crippen LogP contribution < -0.4 is 4.90 Å². The highest BCUT2D eigenvalue weighted by Crippen LogP contribution is 2.24. The molecule has 1 aromatic carbocycles. The molecule has 0 bridgehead atoms. The summed E-state index contributed by atoms with van der Waals surface area (Å²) in [6, 6.07) is 8.84. The van der Waals surface area contributed by atoms with Crippen molar-refractivity contribution in [1.29, 1.82) is 5.26 Å². The fourth-order valence-corrected chi connectivity index (χ4v) is 2.51. The summed E-state index contributed by atoms with van der Waals surface area (Å²) in [5.41, 5.74) is 4.07. The van der Waals surface area contributed by atoms with Crippen molar-refractivity contribution in [3.05, 3.63) is 29.3 Å². The molecule has 0 aromatic heterocycles. The zero-order valence-electron chi connectivity index (χ0n) is 11.5. The van der Waals surface area contributed by atoms with Crippen molar-refractivity contribution in [2.24, 2.45) is 0 Å². The van der Waals surface area contributed by atoms with E-state index in [1.807, 2.05) is 6.92 Å². The minimum atomic E-state index is 0.0331. The summed E-state index contributed by atoms with van der Waals surface area (Å²) in [5.74, 6) is 0. The number of benzene rings is 1. The lowest BCUT2D eigenvalue weighted by molar-refractivity contribution is 0.231. The molecule has 0 saturated carbocycles. The van der Waals surface area contributed by atoms with Gasteiger partial charge < -0.3 is 4.90 Å². The topological polar surface area (TPSA) is 30.3 Å². The molecule has 1 fully saturated rings. The lowest BCUT2D eigenvalue weighted by Gasteiger charge is -2.38. The molecule has 1 atom stereocenters. The summed E-state index contributed by atoms with van der Waals surface area (Å²) in [6.07, 6.45) is 0. The van der Waals surface area contributed by atoms with E-state index in [4.69, 9.17) is 5.26 Å². The molecule has 0 N–H and O–H groups in total. The Morgan fingerprint density at radius 3 is 2.44 bits per heavy atom. The van der Waals surface area contributed by atoms with Crippen LogP contribution in [0.2, 0.25) is 0 Å². The molecular weight excluding hydrogens is 222 g/mol. The van der Waals surface area contributed by atoms with Gasteiger partial charge in [0.15, 0.2) is 0 Å². The lowest BCUT2D eigenvalue weighted by atomic mass is 10.1. The number of piperazine rings is 1. The van der Waals surface area contributed by atoms with Crippen molar-refractivity contribution in [3.63, 3.8) is 0 Å². The molecule has 96 valence electrons. The van der Waals surface area contributed by atoms with E-state index < -0.39 is 0 Å². The van der Waals surface area contributed by atoms with Crippen LogP contribution in [0.15, 0.2) is 18.2 Å². The quantitative estimate of drug-likeness (QED) is 0.798. The predicted octanol–water partition coefficient (Wildman–Crippen LogP) is 2.34. The first-order chi connectivity index (χ1) is 8.63. The first-order valence-corrected chi connectivity index (χ1v) is 6.58. The molecule has 0 aliphatic carbocycles. The van der Waals surface area contributed by atoms with Crippen LogP contribution in [0.25, 0.3) is 0 Å². The highest BCUT2D eigenvalue weighted by atomic mass is 15.3. The lowest BCUT2D eigenvalue weighted by Crippen LogP contribution is -2.49. The molecule has 1 unspecified atom stereocenters. The van der Waals surface area contributed by atoms with Gasteiger partial charge in [0.25, 0.3) is 0 Å². The average molecular weight is 243 g/mol. The van der Waals surface area contributed by atoms with Crippen LogP contribution in [0.3, 0.4) is 0 Å². The van der Waals surface area contributed by atoms with Gasteiger partial charge in [0.2, 0.25) is 0 Å². The SMILES string of the molecule is Cc1cccc(N2CCN(C(C)C#N)CC2)c1C. The van der Waals surface area contributed by atoms with E-state index in [2.05, 4.69) is 47.9 Å². The molecular formula is C15H21N3. The number of hydrogen-bond donors (Lipinski definition) is 0. The number of hydrogen-bond acceptors (Lipinski definition) is 3. The Bertz CT molecular complexity index is 453. The van der Waals surface area contributed by atoms with Gasteiger partial charge >= 0.3 is 0 Å². The molecule has 0 amide bonds. The van der Waals surface area contributed by atoms with Gasteiger partial charge in [-0.15, -0.1) is 0 Å². The first kappa shape index (κ1) is 12.9. The molecule has 1 aromatic rings. The molecule has 1 saturated heterocycles. The largest absolute Gasteiger partial charge is 0.369 e. The van der Waals surface area contributed by atoms with E-state index in [9.17, 15) is 0 Å². The molecule has 1 aliphatic heterocycles.